The minimum atomic E-state index is -3.55. The maximum Gasteiger partial charge on any atom is 0.251 e. The highest BCUT2D eigenvalue weighted by atomic mass is 32.2. The number of nitrogens with one attached hydrogen (secondary N) is 1. The van der Waals surface area contributed by atoms with Gasteiger partial charge in [-0.05, 0) is 66.1 Å². The van der Waals surface area contributed by atoms with E-state index in [1.165, 1.54) is 19.2 Å². The molecule has 29 heavy (non-hydrogen) atoms. The lowest BCUT2D eigenvalue weighted by Crippen LogP contribution is -2.23. The normalized spacial score (nSPS) is 11.1. The van der Waals surface area contributed by atoms with Gasteiger partial charge in [0.05, 0.1) is 17.8 Å². The Morgan fingerprint density at radius 3 is 2.52 bits per heavy atom. The molecular weight excluding hydrogens is 388 g/mol. The van der Waals surface area contributed by atoms with E-state index < -0.39 is 9.84 Å². The van der Waals surface area contributed by atoms with Crippen molar-refractivity contribution < 1.29 is 17.9 Å². The molecule has 0 unspecified atom stereocenters. The third-order valence-corrected chi connectivity index (χ3v) is 6.23. The Labute approximate surface area is 170 Å². The summed E-state index contributed by atoms with van der Waals surface area (Å²) in [6.07, 6.45) is 3.35. The predicted octanol–water partition coefficient (Wildman–Crippen LogP) is 3.30. The summed E-state index contributed by atoms with van der Waals surface area (Å²) in [5.41, 5.74) is 2.70. The van der Waals surface area contributed by atoms with Crippen molar-refractivity contribution in [3.05, 3.63) is 89.2 Å². The van der Waals surface area contributed by atoms with Crippen LogP contribution in [0.25, 0.3) is 0 Å². The van der Waals surface area contributed by atoms with Gasteiger partial charge in [-0.15, -0.1) is 0 Å². The highest BCUT2D eigenvalue weighted by Crippen LogP contribution is 2.22. The number of carbonyl (C=O) groups excluding carboxylic acids is 1. The highest BCUT2D eigenvalue weighted by molar-refractivity contribution is 7.90. The summed E-state index contributed by atoms with van der Waals surface area (Å²) in [6, 6.07) is 15.0. The first kappa shape index (κ1) is 20.5. The summed E-state index contributed by atoms with van der Waals surface area (Å²) >= 11 is 0. The van der Waals surface area contributed by atoms with Crippen LogP contribution in [0, 0.1) is 6.92 Å². The lowest BCUT2D eigenvalue weighted by molar-refractivity contribution is 0.0950. The Hall–Kier alpha value is -3.19. The number of carbonyl (C=O) groups is 1. The molecule has 1 amide bonds. The van der Waals surface area contributed by atoms with Crippen molar-refractivity contribution in [1.29, 1.82) is 0 Å². The molecule has 1 aromatic heterocycles. The smallest absolute Gasteiger partial charge is 0.251 e. The fraction of sp³-hybridized carbons (Fsp3) is 0.182. The van der Waals surface area contributed by atoms with Gasteiger partial charge in [0, 0.05) is 24.5 Å². The van der Waals surface area contributed by atoms with E-state index in [1.807, 2.05) is 13.0 Å². The number of nitrogens with zero attached hydrogens (tertiary/aromatic N) is 1. The first-order valence-electron chi connectivity index (χ1n) is 9.02. The number of sulfone groups is 1. The zero-order valence-electron chi connectivity index (χ0n) is 16.3. The van der Waals surface area contributed by atoms with Gasteiger partial charge in [0.15, 0.2) is 9.84 Å². The fourth-order valence-corrected chi connectivity index (χ4v) is 4.26. The topological polar surface area (TPSA) is 85.4 Å². The SMILES string of the molecule is COc1ccc(S(=O)(=O)Cc2cc(C(=O)NCc3cccnc3)ccc2C)cc1. The van der Waals surface area contributed by atoms with E-state index in [9.17, 15) is 13.2 Å². The molecular formula is C22H22N2O4S. The van der Waals surface area contributed by atoms with Crippen molar-refractivity contribution in [2.24, 2.45) is 0 Å². The first-order chi connectivity index (χ1) is 13.9. The summed E-state index contributed by atoms with van der Waals surface area (Å²) in [5, 5.41) is 2.83. The molecule has 6 nitrogen and oxygen atoms in total. The Balaban J connectivity index is 1.76. The van der Waals surface area contributed by atoms with Crippen LogP contribution in [0.2, 0.25) is 0 Å². The molecule has 0 radical (unpaired) electrons. The van der Waals surface area contributed by atoms with Gasteiger partial charge in [-0.1, -0.05) is 12.1 Å². The second-order valence-corrected chi connectivity index (χ2v) is 8.61. The number of rotatable bonds is 7. The molecule has 1 heterocycles. The number of aryl methyl sites for hydroxylation is 1. The molecule has 0 atom stereocenters. The summed E-state index contributed by atoms with van der Waals surface area (Å²) in [6.45, 7) is 2.18. The molecule has 0 spiro atoms. The van der Waals surface area contributed by atoms with Crippen LogP contribution in [0.15, 0.2) is 71.9 Å². The first-order valence-corrected chi connectivity index (χ1v) is 10.7. The molecule has 0 aliphatic carbocycles. The molecule has 3 rings (SSSR count). The third-order valence-electron chi connectivity index (χ3n) is 4.55. The van der Waals surface area contributed by atoms with Crippen molar-refractivity contribution in [3.63, 3.8) is 0 Å². The molecule has 150 valence electrons. The van der Waals surface area contributed by atoms with E-state index in [2.05, 4.69) is 10.3 Å². The summed E-state index contributed by atoms with van der Waals surface area (Å²) in [4.78, 5) is 16.7. The summed E-state index contributed by atoms with van der Waals surface area (Å²) in [5.74, 6) is 0.138. The molecule has 0 aliphatic heterocycles. The molecule has 7 heteroatoms. The molecule has 0 aliphatic rings. The van der Waals surface area contributed by atoms with Crippen LogP contribution in [-0.4, -0.2) is 26.4 Å². The lowest BCUT2D eigenvalue weighted by atomic mass is 10.1. The van der Waals surface area contributed by atoms with Crippen LogP contribution in [-0.2, 0) is 22.1 Å². The second-order valence-electron chi connectivity index (χ2n) is 6.62. The van der Waals surface area contributed by atoms with Gasteiger partial charge >= 0.3 is 0 Å². The van der Waals surface area contributed by atoms with Crippen LogP contribution in [0.4, 0.5) is 0 Å². The molecule has 0 saturated heterocycles. The number of hydrogen-bond donors (Lipinski definition) is 1. The predicted molar refractivity (Wildman–Crippen MR) is 110 cm³/mol. The minimum Gasteiger partial charge on any atom is -0.497 e. The van der Waals surface area contributed by atoms with E-state index in [-0.39, 0.29) is 16.6 Å². The van der Waals surface area contributed by atoms with Crippen LogP contribution in [0.3, 0.4) is 0 Å². The quantitative estimate of drug-likeness (QED) is 0.646. The Morgan fingerprint density at radius 2 is 1.86 bits per heavy atom. The number of methoxy groups -OCH3 is 1. The summed E-state index contributed by atoms with van der Waals surface area (Å²) < 4.78 is 30.7. The van der Waals surface area contributed by atoms with E-state index >= 15 is 0 Å². The van der Waals surface area contributed by atoms with Crippen molar-refractivity contribution >= 4 is 15.7 Å². The van der Waals surface area contributed by atoms with Crippen molar-refractivity contribution in [2.75, 3.05) is 7.11 Å². The van der Waals surface area contributed by atoms with Gasteiger partial charge in [0.2, 0.25) is 0 Å². The number of aromatic nitrogens is 1. The van der Waals surface area contributed by atoms with E-state index in [1.54, 1.807) is 48.8 Å². The van der Waals surface area contributed by atoms with Gasteiger partial charge in [0.25, 0.3) is 5.91 Å². The Bertz CT molecular complexity index is 1100. The summed E-state index contributed by atoms with van der Waals surface area (Å²) in [7, 11) is -2.03. The van der Waals surface area contributed by atoms with Crippen molar-refractivity contribution in [1.82, 2.24) is 10.3 Å². The second kappa shape index (κ2) is 8.87. The maximum absolute atomic E-state index is 12.8. The van der Waals surface area contributed by atoms with Crippen molar-refractivity contribution in [2.45, 2.75) is 24.1 Å². The van der Waals surface area contributed by atoms with Crippen LogP contribution in [0.1, 0.15) is 27.0 Å². The third kappa shape index (κ3) is 5.20. The minimum absolute atomic E-state index is 0.186. The van der Waals surface area contributed by atoms with Gasteiger partial charge < -0.3 is 10.1 Å². The van der Waals surface area contributed by atoms with Gasteiger partial charge in [-0.25, -0.2) is 8.42 Å². The lowest BCUT2D eigenvalue weighted by Gasteiger charge is -2.11. The molecule has 0 saturated carbocycles. The van der Waals surface area contributed by atoms with Crippen LogP contribution in [0.5, 0.6) is 5.75 Å². The number of ether oxygens (including phenoxy) is 1. The number of benzene rings is 2. The maximum atomic E-state index is 12.8. The molecule has 1 N–H and O–H groups in total. The van der Waals surface area contributed by atoms with Gasteiger partial charge in [-0.3, -0.25) is 9.78 Å². The molecule has 0 fully saturated rings. The van der Waals surface area contributed by atoms with E-state index in [0.717, 1.165) is 11.1 Å². The van der Waals surface area contributed by atoms with Crippen LogP contribution < -0.4 is 10.1 Å². The number of pyridine rings is 1. The largest absolute Gasteiger partial charge is 0.497 e. The van der Waals surface area contributed by atoms with E-state index in [4.69, 9.17) is 4.74 Å². The number of hydrogen-bond acceptors (Lipinski definition) is 5. The van der Waals surface area contributed by atoms with Gasteiger partial charge in [0.1, 0.15) is 5.75 Å². The van der Waals surface area contributed by atoms with E-state index in [0.29, 0.717) is 23.4 Å². The molecule has 2 aromatic carbocycles. The number of amides is 1. The highest BCUT2D eigenvalue weighted by Gasteiger charge is 2.18. The zero-order valence-corrected chi connectivity index (χ0v) is 17.1. The Kier molecular flexibility index (Phi) is 6.29. The average Bonchev–Trinajstić information content (AvgIpc) is 2.74. The van der Waals surface area contributed by atoms with Crippen molar-refractivity contribution in [3.8, 4) is 5.75 Å². The molecule has 3 aromatic rings. The fourth-order valence-electron chi connectivity index (χ4n) is 2.83. The standard InChI is InChI=1S/C22H22N2O4S/c1-16-5-6-18(22(25)24-14-17-4-3-11-23-13-17)12-19(16)15-29(26,27)21-9-7-20(28-2)8-10-21/h3-13H,14-15H2,1-2H3,(H,24,25). The van der Waals surface area contributed by atoms with Gasteiger partial charge in [-0.2, -0.15) is 0 Å². The average molecular weight is 410 g/mol. The molecule has 0 bridgehead atoms. The van der Waals surface area contributed by atoms with Crippen LogP contribution >= 0.6 is 0 Å². The zero-order chi connectivity index (χ0) is 20.9. The monoisotopic (exact) mass is 410 g/mol. The Morgan fingerprint density at radius 1 is 1.10 bits per heavy atom.